The van der Waals surface area contributed by atoms with Crippen LogP contribution < -0.4 is 10.5 Å². The zero-order chi connectivity index (χ0) is 10.1. The lowest BCUT2D eigenvalue weighted by Crippen LogP contribution is -2.10. The van der Waals surface area contributed by atoms with Crippen molar-refractivity contribution in [2.45, 2.75) is 18.6 Å². The molecule has 2 atom stereocenters. The summed E-state index contributed by atoms with van der Waals surface area (Å²) in [5, 5.41) is 8.73. The third kappa shape index (κ3) is 1.85. The van der Waals surface area contributed by atoms with E-state index in [9.17, 15) is 4.79 Å². The number of aromatic carboxylic acids is 1. The van der Waals surface area contributed by atoms with E-state index in [1.807, 2.05) is 0 Å². The van der Waals surface area contributed by atoms with Crippen molar-refractivity contribution >= 4 is 5.97 Å². The van der Waals surface area contributed by atoms with Gasteiger partial charge in [-0.15, -0.1) is 0 Å². The van der Waals surface area contributed by atoms with Gasteiger partial charge in [0.15, 0.2) is 0 Å². The molecule has 1 fully saturated rings. The normalized spacial score (nSPS) is 24.4. The lowest BCUT2D eigenvalue weighted by molar-refractivity contribution is 0.0696. The topological polar surface area (TPSA) is 72.5 Å². The first-order valence-corrected chi connectivity index (χ1v) is 4.42. The number of carboxylic acid groups (broad SMARTS) is 1. The summed E-state index contributed by atoms with van der Waals surface area (Å²) in [5.41, 5.74) is 5.80. The maximum atomic E-state index is 10.6. The molecule has 4 heteroatoms. The molecule has 0 spiro atoms. The molecule has 14 heavy (non-hydrogen) atoms. The fourth-order valence-corrected chi connectivity index (χ4v) is 1.20. The van der Waals surface area contributed by atoms with Crippen LogP contribution in [0.15, 0.2) is 24.3 Å². The summed E-state index contributed by atoms with van der Waals surface area (Å²) >= 11 is 0. The van der Waals surface area contributed by atoms with Gasteiger partial charge in [0, 0.05) is 12.5 Å². The van der Waals surface area contributed by atoms with Crippen molar-refractivity contribution in [2.75, 3.05) is 0 Å². The van der Waals surface area contributed by atoms with Crippen LogP contribution >= 0.6 is 0 Å². The number of carboxylic acids is 1. The van der Waals surface area contributed by atoms with Crippen LogP contribution in [0, 0.1) is 0 Å². The molecule has 1 aliphatic rings. The Morgan fingerprint density at radius 1 is 1.57 bits per heavy atom. The van der Waals surface area contributed by atoms with Crippen molar-refractivity contribution in [3.63, 3.8) is 0 Å². The first-order chi connectivity index (χ1) is 6.66. The first-order valence-electron chi connectivity index (χ1n) is 4.42. The smallest absolute Gasteiger partial charge is 0.335 e. The van der Waals surface area contributed by atoms with Crippen molar-refractivity contribution < 1.29 is 14.6 Å². The standard InChI is InChI=1S/C10H11NO3/c11-8-5-9(8)14-7-3-1-2-6(4-7)10(12)13/h1-4,8-9H,5,11H2,(H,12,13). The predicted molar refractivity (Wildman–Crippen MR) is 50.4 cm³/mol. The largest absolute Gasteiger partial charge is 0.489 e. The Bertz CT molecular complexity index is 364. The minimum Gasteiger partial charge on any atom is -0.489 e. The number of hydrogen-bond acceptors (Lipinski definition) is 3. The number of rotatable bonds is 3. The summed E-state index contributed by atoms with van der Waals surface area (Å²) in [7, 11) is 0. The molecular weight excluding hydrogens is 182 g/mol. The summed E-state index contributed by atoms with van der Waals surface area (Å²) in [6, 6.07) is 6.53. The molecule has 0 aliphatic heterocycles. The van der Waals surface area contributed by atoms with Crippen LogP contribution in [0.1, 0.15) is 16.8 Å². The second kappa shape index (κ2) is 3.31. The van der Waals surface area contributed by atoms with Gasteiger partial charge in [0.2, 0.25) is 0 Å². The molecular formula is C10H11NO3. The van der Waals surface area contributed by atoms with E-state index in [1.54, 1.807) is 12.1 Å². The summed E-state index contributed by atoms with van der Waals surface area (Å²) < 4.78 is 5.44. The Hall–Kier alpha value is -1.55. The molecule has 1 saturated carbocycles. The van der Waals surface area contributed by atoms with Gasteiger partial charge in [-0.1, -0.05) is 6.07 Å². The van der Waals surface area contributed by atoms with Crippen LogP contribution in [0.5, 0.6) is 5.75 Å². The zero-order valence-corrected chi connectivity index (χ0v) is 7.51. The maximum absolute atomic E-state index is 10.6. The van der Waals surface area contributed by atoms with E-state index >= 15 is 0 Å². The van der Waals surface area contributed by atoms with Crippen LogP contribution in [0.25, 0.3) is 0 Å². The van der Waals surface area contributed by atoms with E-state index in [4.69, 9.17) is 15.6 Å². The van der Waals surface area contributed by atoms with Gasteiger partial charge in [0.25, 0.3) is 0 Å². The monoisotopic (exact) mass is 193 g/mol. The third-order valence-corrected chi connectivity index (χ3v) is 2.15. The fraction of sp³-hybridized carbons (Fsp3) is 0.300. The van der Waals surface area contributed by atoms with Crippen molar-refractivity contribution in [1.29, 1.82) is 0 Å². The van der Waals surface area contributed by atoms with Crippen molar-refractivity contribution in [1.82, 2.24) is 0 Å². The first kappa shape index (κ1) is 9.02. The molecule has 2 rings (SSSR count). The van der Waals surface area contributed by atoms with Gasteiger partial charge in [-0.3, -0.25) is 0 Å². The van der Waals surface area contributed by atoms with Crippen LogP contribution in [0.2, 0.25) is 0 Å². The van der Waals surface area contributed by atoms with Crippen LogP contribution in [0.4, 0.5) is 0 Å². The molecule has 0 saturated heterocycles. The SMILES string of the molecule is NC1CC1Oc1cccc(C(=O)O)c1. The van der Waals surface area contributed by atoms with Crippen LogP contribution in [0.3, 0.4) is 0 Å². The number of ether oxygens (including phenoxy) is 1. The van der Waals surface area contributed by atoms with Gasteiger partial charge >= 0.3 is 5.97 Å². The highest BCUT2D eigenvalue weighted by molar-refractivity contribution is 5.87. The highest BCUT2D eigenvalue weighted by Crippen LogP contribution is 2.26. The quantitative estimate of drug-likeness (QED) is 0.746. The third-order valence-electron chi connectivity index (χ3n) is 2.15. The van der Waals surface area contributed by atoms with Gasteiger partial charge in [-0.2, -0.15) is 0 Å². The average molecular weight is 193 g/mol. The van der Waals surface area contributed by atoms with E-state index in [2.05, 4.69) is 0 Å². The second-order valence-electron chi connectivity index (χ2n) is 3.39. The minimum atomic E-state index is -0.949. The molecule has 0 aromatic heterocycles. The number of benzene rings is 1. The Kier molecular flexibility index (Phi) is 2.13. The molecule has 1 aromatic rings. The Labute approximate surface area is 81.3 Å². The predicted octanol–water partition coefficient (Wildman–Crippen LogP) is 0.863. The molecule has 74 valence electrons. The second-order valence-corrected chi connectivity index (χ2v) is 3.39. The Morgan fingerprint density at radius 3 is 2.86 bits per heavy atom. The lowest BCUT2D eigenvalue weighted by atomic mass is 10.2. The van der Waals surface area contributed by atoms with E-state index in [0.29, 0.717) is 5.75 Å². The van der Waals surface area contributed by atoms with Gasteiger partial charge in [-0.25, -0.2) is 4.79 Å². The van der Waals surface area contributed by atoms with Crippen molar-refractivity contribution in [2.24, 2.45) is 5.73 Å². The molecule has 0 amide bonds. The molecule has 0 bridgehead atoms. The minimum absolute atomic E-state index is 0.0547. The van der Waals surface area contributed by atoms with Crippen LogP contribution in [-0.4, -0.2) is 23.2 Å². The molecule has 1 aliphatic carbocycles. The highest BCUT2D eigenvalue weighted by Gasteiger charge is 2.35. The van der Waals surface area contributed by atoms with Gasteiger partial charge in [-0.05, 0) is 18.2 Å². The van der Waals surface area contributed by atoms with E-state index in [0.717, 1.165) is 6.42 Å². The van der Waals surface area contributed by atoms with E-state index in [1.165, 1.54) is 12.1 Å². The van der Waals surface area contributed by atoms with E-state index < -0.39 is 5.97 Å². The average Bonchev–Trinajstić information content (AvgIpc) is 2.82. The molecule has 4 nitrogen and oxygen atoms in total. The lowest BCUT2D eigenvalue weighted by Gasteiger charge is -2.04. The Morgan fingerprint density at radius 2 is 2.29 bits per heavy atom. The Balaban J connectivity index is 2.10. The van der Waals surface area contributed by atoms with Gasteiger partial charge in [0.1, 0.15) is 11.9 Å². The molecule has 0 radical (unpaired) electrons. The highest BCUT2D eigenvalue weighted by atomic mass is 16.5. The van der Waals surface area contributed by atoms with Crippen molar-refractivity contribution in [3.8, 4) is 5.75 Å². The summed E-state index contributed by atoms with van der Waals surface area (Å²) in [6.07, 6.45) is 0.899. The van der Waals surface area contributed by atoms with Gasteiger partial charge in [0.05, 0.1) is 5.56 Å². The molecule has 1 aromatic carbocycles. The van der Waals surface area contributed by atoms with Crippen LogP contribution in [-0.2, 0) is 0 Å². The zero-order valence-electron chi connectivity index (χ0n) is 7.51. The number of hydrogen-bond donors (Lipinski definition) is 2. The molecule has 2 unspecified atom stereocenters. The van der Waals surface area contributed by atoms with Crippen molar-refractivity contribution in [3.05, 3.63) is 29.8 Å². The van der Waals surface area contributed by atoms with E-state index in [-0.39, 0.29) is 17.7 Å². The molecule has 3 N–H and O–H groups in total. The van der Waals surface area contributed by atoms with Gasteiger partial charge < -0.3 is 15.6 Å². The summed E-state index contributed by atoms with van der Waals surface area (Å²) in [6.45, 7) is 0. The maximum Gasteiger partial charge on any atom is 0.335 e. The number of carbonyl (C=O) groups is 1. The number of nitrogens with two attached hydrogens (primary N) is 1. The summed E-state index contributed by atoms with van der Waals surface area (Å²) in [5.74, 6) is -0.376. The fourth-order valence-electron chi connectivity index (χ4n) is 1.20. The summed E-state index contributed by atoms with van der Waals surface area (Å²) in [4.78, 5) is 10.6. The molecule has 0 heterocycles.